The summed E-state index contributed by atoms with van der Waals surface area (Å²) < 4.78 is 1.68. The van der Waals surface area contributed by atoms with Gasteiger partial charge in [-0.3, -0.25) is 0 Å². The Hall–Kier alpha value is -1.77. The number of hydrogen-bond donors (Lipinski definition) is 4. The van der Waals surface area contributed by atoms with E-state index in [1.807, 2.05) is 0 Å². The molecule has 2 aromatic heterocycles. The van der Waals surface area contributed by atoms with E-state index in [1.165, 1.54) is 12.7 Å². The van der Waals surface area contributed by atoms with Crippen LogP contribution in [-0.2, 0) is 0 Å². The Bertz CT molecular complexity index is 601. The molecule has 0 spiro atoms. The van der Waals surface area contributed by atoms with Crippen LogP contribution in [0.25, 0.3) is 11.2 Å². The maximum Gasteiger partial charge on any atom is 0.165 e. The summed E-state index contributed by atoms with van der Waals surface area (Å²) in [5.41, 5.74) is 6.69. The van der Waals surface area contributed by atoms with Gasteiger partial charge in [0, 0.05) is 12.5 Å². The van der Waals surface area contributed by atoms with Crippen LogP contribution in [0.3, 0.4) is 0 Å². The van der Waals surface area contributed by atoms with Crippen molar-refractivity contribution in [2.24, 2.45) is 5.92 Å². The summed E-state index contributed by atoms with van der Waals surface area (Å²) >= 11 is 0. The topological polar surface area (TPSA) is 130 Å². The number of aliphatic hydroxyl groups excluding tert-OH is 3. The summed E-state index contributed by atoms with van der Waals surface area (Å²) in [5, 5.41) is 29.1. The Kier molecular flexibility index (Phi) is 2.85. The van der Waals surface area contributed by atoms with Crippen molar-refractivity contribution in [1.29, 1.82) is 0 Å². The number of nitrogens with zero attached hydrogens (tertiary/aromatic N) is 4. The van der Waals surface area contributed by atoms with Gasteiger partial charge in [-0.2, -0.15) is 0 Å². The molecule has 0 saturated heterocycles. The lowest BCUT2D eigenvalue weighted by Gasteiger charge is -2.18. The number of rotatable bonds is 2. The molecule has 1 saturated carbocycles. The van der Waals surface area contributed by atoms with E-state index in [0.29, 0.717) is 17.6 Å². The van der Waals surface area contributed by atoms with E-state index < -0.39 is 12.2 Å². The second-order valence-corrected chi connectivity index (χ2v) is 4.81. The van der Waals surface area contributed by atoms with Gasteiger partial charge in [0.05, 0.1) is 18.5 Å². The Morgan fingerprint density at radius 3 is 2.74 bits per heavy atom. The van der Waals surface area contributed by atoms with E-state index >= 15 is 0 Å². The molecule has 2 aromatic rings. The van der Waals surface area contributed by atoms with E-state index in [0.717, 1.165) is 0 Å². The average Bonchev–Trinajstić information content (AvgIpc) is 2.94. The number of aromatic nitrogens is 4. The van der Waals surface area contributed by atoms with Crippen LogP contribution in [0.15, 0.2) is 12.7 Å². The van der Waals surface area contributed by atoms with E-state index in [2.05, 4.69) is 15.0 Å². The van der Waals surface area contributed by atoms with Crippen LogP contribution in [0.4, 0.5) is 5.82 Å². The van der Waals surface area contributed by atoms with E-state index in [4.69, 9.17) is 5.73 Å². The van der Waals surface area contributed by atoms with Gasteiger partial charge in [0.2, 0.25) is 0 Å². The lowest BCUT2D eigenvalue weighted by atomic mass is 10.2. The summed E-state index contributed by atoms with van der Waals surface area (Å²) in [4.78, 5) is 12.1. The molecule has 0 bridgehead atoms. The minimum Gasteiger partial charge on any atom is -0.396 e. The first kappa shape index (κ1) is 12.3. The van der Waals surface area contributed by atoms with Crippen LogP contribution < -0.4 is 5.73 Å². The first-order valence-corrected chi connectivity index (χ1v) is 6.03. The fourth-order valence-electron chi connectivity index (χ4n) is 2.67. The van der Waals surface area contributed by atoms with Gasteiger partial charge in [0.1, 0.15) is 17.9 Å². The number of aliphatic hydroxyl groups is 3. The van der Waals surface area contributed by atoms with Gasteiger partial charge in [0.25, 0.3) is 0 Å². The zero-order chi connectivity index (χ0) is 13.6. The molecule has 102 valence electrons. The van der Waals surface area contributed by atoms with E-state index in [-0.39, 0.29) is 24.4 Å². The second kappa shape index (κ2) is 4.41. The summed E-state index contributed by atoms with van der Waals surface area (Å²) in [6.07, 6.45) is 1.39. The highest BCUT2D eigenvalue weighted by Crippen LogP contribution is 2.36. The SMILES string of the molecule is Nc1ncnc2c1ncn2[C@@H]1C[C@H]([13CH2]O)[C@H](O)[C@@H]1O. The zero-order valence-corrected chi connectivity index (χ0v) is 10.1. The average molecular weight is 266 g/mol. The summed E-state index contributed by atoms with van der Waals surface area (Å²) in [5.74, 6) is -0.0767. The highest BCUT2D eigenvalue weighted by Gasteiger charge is 2.42. The van der Waals surface area contributed by atoms with E-state index in [9.17, 15) is 15.3 Å². The molecule has 8 nitrogen and oxygen atoms in total. The molecule has 8 heteroatoms. The van der Waals surface area contributed by atoms with Crippen LogP contribution in [0, 0.1) is 5.92 Å². The Balaban J connectivity index is 2.04. The molecule has 0 radical (unpaired) electrons. The van der Waals surface area contributed by atoms with Gasteiger partial charge >= 0.3 is 0 Å². The minimum atomic E-state index is -0.967. The van der Waals surface area contributed by atoms with Gasteiger partial charge in [-0.05, 0) is 6.42 Å². The number of fused-ring (bicyclic) bond motifs is 1. The smallest absolute Gasteiger partial charge is 0.165 e. The molecule has 2 heterocycles. The van der Waals surface area contributed by atoms with Gasteiger partial charge in [-0.15, -0.1) is 0 Å². The highest BCUT2D eigenvalue weighted by molar-refractivity contribution is 5.81. The molecular weight excluding hydrogens is 251 g/mol. The zero-order valence-electron chi connectivity index (χ0n) is 10.1. The Morgan fingerprint density at radius 1 is 1.26 bits per heavy atom. The third-order valence-electron chi connectivity index (χ3n) is 3.75. The summed E-state index contributed by atoms with van der Waals surface area (Å²) in [7, 11) is 0. The predicted molar refractivity (Wildman–Crippen MR) is 66.0 cm³/mol. The quantitative estimate of drug-likeness (QED) is 0.496. The lowest BCUT2D eigenvalue weighted by molar-refractivity contribution is -0.00370. The fraction of sp³-hybridized carbons (Fsp3) is 0.545. The molecule has 0 aromatic carbocycles. The molecule has 1 aliphatic rings. The summed E-state index contributed by atoms with van der Waals surface area (Å²) in [6, 6.07) is -0.383. The number of nitrogens with two attached hydrogens (primary N) is 1. The molecule has 1 fully saturated rings. The first-order chi connectivity index (χ1) is 9.13. The number of imidazole rings is 1. The van der Waals surface area contributed by atoms with Gasteiger partial charge in [-0.25, -0.2) is 15.0 Å². The molecule has 4 atom stereocenters. The van der Waals surface area contributed by atoms with Crippen molar-refractivity contribution in [2.45, 2.75) is 24.7 Å². The molecule has 1 aliphatic carbocycles. The number of anilines is 1. The minimum absolute atomic E-state index is 0.168. The van der Waals surface area contributed by atoms with Crippen molar-refractivity contribution in [3.8, 4) is 0 Å². The molecule has 19 heavy (non-hydrogen) atoms. The third-order valence-corrected chi connectivity index (χ3v) is 3.75. The predicted octanol–water partition coefficient (Wildman–Crippen LogP) is -1.32. The van der Waals surface area contributed by atoms with Crippen molar-refractivity contribution in [1.82, 2.24) is 19.5 Å². The van der Waals surface area contributed by atoms with Crippen LogP contribution >= 0.6 is 0 Å². The standard InChI is InChI=1S/C11H15N5O3/c12-10-7-11(14-3-13-10)16(4-15-7)6-1-5(2-17)8(18)9(6)19/h3-6,8-9,17-19H,1-2H2,(H2,12,13,14)/t5-,6-,8+,9-/m1/s1/i2+1. The number of hydrogen-bond acceptors (Lipinski definition) is 7. The van der Waals surface area contributed by atoms with Crippen LogP contribution in [-0.4, -0.2) is 53.7 Å². The fourth-order valence-corrected chi connectivity index (χ4v) is 2.67. The largest absolute Gasteiger partial charge is 0.396 e. The molecule has 0 aliphatic heterocycles. The maximum atomic E-state index is 10.1. The normalized spacial score (nSPS) is 31.1. The van der Waals surface area contributed by atoms with Gasteiger partial charge in [0.15, 0.2) is 11.5 Å². The first-order valence-electron chi connectivity index (χ1n) is 6.03. The van der Waals surface area contributed by atoms with Crippen LogP contribution in [0.1, 0.15) is 12.5 Å². The van der Waals surface area contributed by atoms with Crippen molar-refractivity contribution in [3.63, 3.8) is 0 Å². The molecule has 0 unspecified atom stereocenters. The molecule has 3 rings (SSSR count). The summed E-state index contributed by atoms with van der Waals surface area (Å²) in [6.45, 7) is -0.168. The van der Waals surface area contributed by atoms with E-state index in [1.54, 1.807) is 4.57 Å². The monoisotopic (exact) mass is 266 g/mol. The second-order valence-electron chi connectivity index (χ2n) is 4.81. The van der Waals surface area contributed by atoms with Crippen molar-refractivity contribution >= 4 is 17.0 Å². The lowest BCUT2D eigenvalue weighted by Crippen LogP contribution is -2.30. The molecular formula is C11H15N5O3. The highest BCUT2D eigenvalue weighted by atomic mass is 16.3. The maximum absolute atomic E-state index is 10.1. The third kappa shape index (κ3) is 1.76. The molecule has 0 amide bonds. The Morgan fingerprint density at radius 2 is 2.05 bits per heavy atom. The van der Waals surface area contributed by atoms with Crippen molar-refractivity contribution in [2.75, 3.05) is 12.3 Å². The Labute approximate surface area is 108 Å². The number of nitrogen functional groups attached to an aromatic ring is 1. The van der Waals surface area contributed by atoms with Crippen molar-refractivity contribution < 1.29 is 15.3 Å². The van der Waals surface area contributed by atoms with Crippen molar-refractivity contribution in [3.05, 3.63) is 12.7 Å². The molecule has 5 N–H and O–H groups in total. The van der Waals surface area contributed by atoms with Crippen LogP contribution in [0.5, 0.6) is 0 Å². The van der Waals surface area contributed by atoms with Gasteiger partial charge < -0.3 is 25.6 Å². The van der Waals surface area contributed by atoms with Gasteiger partial charge in [-0.1, -0.05) is 0 Å². The van der Waals surface area contributed by atoms with Crippen LogP contribution in [0.2, 0.25) is 0 Å².